The quantitative estimate of drug-likeness (QED) is 0.767. The average molecular weight is 401 g/mol. The number of carbonyl (C=O) groups excluding carboxylic acids is 3. The molecule has 1 N–H and O–H groups in total. The van der Waals surface area contributed by atoms with Crippen LogP contribution in [-0.2, 0) is 14.3 Å². The van der Waals surface area contributed by atoms with E-state index < -0.39 is 24.3 Å². The summed E-state index contributed by atoms with van der Waals surface area (Å²) in [6.07, 6.45) is 0.402. The minimum atomic E-state index is -1.06. The molecule has 138 valence electrons. The van der Waals surface area contributed by atoms with Crippen LogP contribution in [0.25, 0.3) is 0 Å². The molecule has 1 aromatic heterocycles. The Morgan fingerprint density at radius 3 is 2.96 bits per heavy atom. The molecule has 0 fully saturated rings. The highest BCUT2D eigenvalue weighted by Crippen LogP contribution is 2.31. The number of Topliss-reactive ketones (excluding diaryl/α,β-unsaturated/α-hetero) is 1. The summed E-state index contributed by atoms with van der Waals surface area (Å²) >= 11 is 2.75. The van der Waals surface area contributed by atoms with Gasteiger partial charge >= 0.3 is 5.97 Å². The lowest BCUT2D eigenvalue weighted by atomic mass is 10.1. The van der Waals surface area contributed by atoms with Gasteiger partial charge in [0.05, 0.1) is 17.3 Å². The van der Waals surface area contributed by atoms with E-state index in [0.29, 0.717) is 22.9 Å². The Bertz CT molecular complexity index is 948. The van der Waals surface area contributed by atoms with Crippen molar-refractivity contribution in [2.75, 3.05) is 17.7 Å². The van der Waals surface area contributed by atoms with E-state index in [1.807, 2.05) is 6.07 Å². The number of esters is 1. The summed E-state index contributed by atoms with van der Waals surface area (Å²) in [6.45, 7) is 1.25. The Morgan fingerprint density at radius 2 is 2.26 bits per heavy atom. The molecule has 0 spiro atoms. The SMILES string of the molecule is Cc1csc([C@H](C#N)C(=O)COC(=O)c2ccc3c(c2)NC(=O)CCS3)n1. The summed E-state index contributed by atoms with van der Waals surface area (Å²) in [6, 6.07) is 6.76. The van der Waals surface area contributed by atoms with Gasteiger partial charge in [0.15, 0.2) is 18.3 Å². The van der Waals surface area contributed by atoms with Crippen molar-refractivity contribution in [3.05, 3.63) is 39.8 Å². The third kappa shape index (κ3) is 4.53. The van der Waals surface area contributed by atoms with Crippen LogP contribution < -0.4 is 5.32 Å². The Morgan fingerprint density at radius 1 is 1.44 bits per heavy atom. The van der Waals surface area contributed by atoms with Gasteiger partial charge in [-0.25, -0.2) is 9.78 Å². The number of nitrogens with one attached hydrogen (secondary N) is 1. The number of anilines is 1. The van der Waals surface area contributed by atoms with Gasteiger partial charge < -0.3 is 10.1 Å². The number of amides is 1. The van der Waals surface area contributed by atoms with Crippen molar-refractivity contribution >= 4 is 46.4 Å². The van der Waals surface area contributed by atoms with Crippen LogP contribution in [0, 0.1) is 18.3 Å². The smallest absolute Gasteiger partial charge is 0.338 e. The van der Waals surface area contributed by atoms with Crippen molar-refractivity contribution in [3.63, 3.8) is 0 Å². The number of aromatic nitrogens is 1. The van der Waals surface area contributed by atoms with Crippen LogP contribution in [0.1, 0.15) is 33.4 Å². The molecule has 27 heavy (non-hydrogen) atoms. The van der Waals surface area contributed by atoms with Gasteiger partial charge in [-0.2, -0.15) is 5.26 Å². The maximum absolute atomic E-state index is 12.3. The first-order valence-corrected chi connectivity index (χ1v) is 9.92. The van der Waals surface area contributed by atoms with Crippen LogP contribution in [0.15, 0.2) is 28.5 Å². The second-order valence-electron chi connectivity index (χ2n) is 5.79. The highest BCUT2D eigenvalue weighted by Gasteiger charge is 2.25. The van der Waals surface area contributed by atoms with E-state index in [0.717, 1.165) is 10.6 Å². The molecular formula is C18H15N3O4S2. The minimum absolute atomic E-state index is 0.113. The number of carbonyl (C=O) groups is 3. The lowest BCUT2D eigenvalue weighted by Crippen LogP contribution is -2.20. The second kappa shape index (κ2) is 8.33. The normalized spacial score (nSPS) is 14.3. The predicted octanol–water partition coefficient (Wildman–Crippen LogP) is 2.92. The third-order valence-corrected chi connectivity index (χ3v) is 5.86. The van der Waals surface area contributed by atoms with Crippen LogP contribution in [0.4, 0.5) is 5.69 Å². The summed E-state index contributed by atoms with van der Waals surface area (Å²) in [5.41, 5.74) is 1.50. The molecule has 2 aromatic rings. The summed E-state index contributed by atoms with van der Waals surface area (Å²) in [5, 5.41) is 14.1. The molecule has 7 nitrogen and oxygen atoms in total. The fourth-order valence-electron chi connectivity index (χ4n) is 2.42. The first-order chi connectivity index (χ1) is 13.0. The Labute approximate surface area is 163 Å². The minimum Gasteiger partial charge on any atom is -0.454 e. The van der Waals surface area contributed by atoms with E-state index in [1.54, 1.807) is 24.4 Å². The van der Waals surface area contributed by atoms with E-state index in [4.69, 9.17) is 4.74 Å². The Balaban J connectivity index is 1.66. The van der Waals surface area contributed by atoms with Gasteiger partial charge in [0, 0.05) is 28.1 Å². The number of rotatable bonds is 5. The van der Waals surface area contributed by atoms with E-state index in [1.165, 1.54) is 29.2 Å². The molecule has 2 heterocycles. The van der Waals surface area contributed by atoms with E-state index in [9.17, 15) is 19.6 Å². The van der Waals surface area contributed by atoms with E-state index in [-0.39, 0.29) is 11.5 Å². The van der Waals surface area contributed by atoms with Crippen LogP contribution in [0.3, 0.4) is 0 Å². The van der Waals surface area contributed by atoms with Crippen molar-refractivity contribution in [3.8, 4) is 6.07 Å². The summed E-state index contributed by atoms with van der Waals surface area (Å²) < 4.78 is 5.07. The highest BCUT2D eigenvalue weighted by atomic mass is 32.2. The zero-order chi connectivity index (χ0) is 19.4. The molecule has 3 rings (SSSR count). The number of ether oxygens (including phenoxy) is 1. The number of hydrogen-bond acceptors (Lipinski definition) is 8. The average Bonchev–Trinajstić information content (AvgIpc) is 2.97. The van der Waals surface area contributed by atoms with E-state index >= 15 is 0 Å². The van der Waals surface area contributed by atoms with Gasteiger partial charge in [-0.15, -0.1) is 23.1 Å². The monoisotopic (exact) mass is 401 g/mol. The first-order valence-electron chi connectivity index (χ1n) is 8.06. The molecule has 0 unspecified atom stereocenters. The van der Waals surface area contributed by atoms with Gasteiger partial charge in [0.1, 0.15) is 5.01 Å². The molecule has 0 saturated carbocycles. The maximum Gasteiger partial charge on any atom is 0.338 e. The molecule has 1 aromatic carbocycles. The lowest BCUT2D eigenvalue weighted by molar-refractivity contribution is -0.122. The molecule has 1 aliphatic heterocycles. The maximum atomic E-state index is 12.3. The molecule has 9 heteroatoms. The van der Waals surface area contributed by atoms with Crippen molar-refractivity contribution in [1.29, 1.82) is 5.26 Å². The van der Waals surface area contributed by atoms with Crippen molar-refractivity contribution in [1.82, 2.24) is 4.98 Å². The highest BCUT2D eigenvalue weighted by molar-refractivity contribution is 7.99. The van der Waals surface area contributed by atoms with Gasteiger partial charge in [0.2, 0.25) is 5.91 Å². The number of fused-ring (bicyclic) bond motifs is 1. The number of hydrogen-bond donors (Lipinski definition) is 1. The lowest BCUT2D eigenvalue weighted by Gasteiger charge is -2.10. The second-order valence-corrected chi connectivity index (χ2v) is 7.82. The topological polar surface area (TPSA) is 109 Å². The summed E-state index contributed by atoms with van der Waals surface area (Å²) in [4.78, 5) is 41.2. The molecular weight excluding hydrogens is 386 g/mol. The Hall–Kier alpha value is -2.70. The number of ketones is 1. The molecule has 1 atom stereocenters. The van der Waals surface area contributed by atoms with Crippen molar-refractivity contribution in [2.45, 2.75) is 24.2 Å². The van der Waals surface area contributed by atoms with Gasteiger partial charge in [-0.1, -0.05) is 0 Å². The number of benzene rings is 1. The van der Waals surface area contributed by atoms with E-state index in [2.05, 4.69) is 10.3 Å². The largest absolute Gasteiger partial charge is 0.454 e. The number of thioether (sulfide) groups is 1. The predicted molar refractivity (Wildman–Crippen MR) is 101 cm³/mol. The molecule has 0 aliphatic carbocycles. The van der Waals surface area contributed by atoms with Crippen molar-refractivity contribution in [2.24, 2.45) is 0 Å². The molecule has 0 bridgehead atoms. The fraction of sp³-hybridized carbons (Fsp3) is 0.278. The van der Waals surface area contributed by atoms with Crippen LogP contribution in [0.2, 0.25) is 0 Å². The summed E-state index contributed by atoms with van der Waals surface area (Å²) in [5.74, 6) is -1.72. The third-order valence-electron chi connectivity index (χ3n) is 3.76. The number of nitrogens with zero attached hydrogens (tertiary/aromatic N) is 2. The van der Waals surface area contributed by atoms with Crippen LogP contribution in [0.5, 0.6) is 0 Å². The first kappa shape index (κ1) is 19.1. The molecule has 0 saturated heterocycles. The Kier molecular flexibility index (Phi) is 5.88. The number of aryl methyl sites for hydroxylation is 1. The molecule has 0 radical (unpaired) electrons. The fourth-order valence-corrected chi connectivity index (χ4v) is 4.22. The van der Waals surface area contributed by atoms with Crippen molar-refractivity contribution < 1.29 is 19.1 Å². The zero-order valence-electron chi connectivity index (χ0n) is 14.4. The van der Waals surface area contributed by atoms with Gasteiger partial charge in [0.25, 0.3) is 0 Å². The van der Waals surface area contributed by atoms with Gasteiger partial charge in [-0.05, 0) is 25.1 Å². The number of nitriles is 1. The standard InChI is InChI=1S/C18H15N3O4S2/c1-10-9-27-17(20-10)12(7-19)14(22)8-25-18(24)11-2-3-15-13(6-11)21-16(23)4-5-26-15/h2-3,6,9,12H,4-5,8H2,1H3,(H,21,23)/t12-/m1/s1. The van der Waals surface area contributed by atoms with Gasteiger partial charge in [-0.3, -0.25) is 9.59 Å². The zero-order valence-corrected chi connectivity index (χ0v) is 16.0. The summed E-state index contributed by atoms with van der Waals surface area (Å²) in [7, 11) is 0. The molecule has 1 aliphatic rings. The van der Waals surface area contributed by atoms with Crippen LogP contribution in [-0.4, -0.2) is 35.0 Å². The number of thiazole rings is 1. The van der Waals surface area contributed by atoms with Crippen LogP contribution >= 0.6 is 23.1 Å². The molecule has 1 amide bonds.